The van der Waals surface area contributed by atoms with E-state index in [1.807, 2.05) is 23.7 Å². The topological polar surface area (TPSA) is 29.9 Å². The molecule has 0 radical (unpaired) electrons. The molecule has 2 aliphatic carbocycles. The van der Waals surface area contributed by atoms with Crippen LogP contribution in [-0.2, 0) is 7.05 Å². The lowest BCUT2D eigenvalue weighted by Crippen LogP contribution is -2.37. The van der Waals surface area contributed by atoms with Crippen molar-refractivity contribution in [3.05, 3.63) is 40.6 Å². The van der Waals surface area contributed by atoms with Crippen LogP contribution in [0.4, 0.5) is 0 Å². The average molecular weight is 287 g/mol. The molecule has 0 bridgehead atoms. The van der Waals surface area contributed by atoms with Gasteiger partial charge in [0.05, 0.1) is 0 Å². The van der Waals surface area contributed by atoms with Crippen LogP contribution in [0.3, 0.4) is 0 Å². The number of hydrogen-bond donors (Lipinski definition) is 1. The third-order valence-electron chi connectivity index (χ3n) is 4.56. The van der Waals surface area contributed by atoms with Crippen LogP contribution in [0.15, 0.2) is 29.9 Å². The maximum absolute atomic E-state index is 4.59. The molecule has 106 valence electrons. The second kappa shape index (κ2) is 5.01. The summed E-state index contributed by atoms with van der Waals surface area (Å²) < 4.78 is 2.15. The van der Waals surface area contributed by atoms with Gasteiger partial charge >= 0.3 is 0 Å². The molecule has 4 rings (SSSR count). The summed E-state index contributed by atoms with van der Waals surface area (Å²) in [6.07, 6.45) is 9.58. The van der Waals surface area contributed by atoms with Crippen LogP contribution < -0.4 is 5.32 Å². The number of nitrogens with one attached hydrogen (secondary N) is 1. The number of imidazole rings is 1. The van der Waals surface area contributed by atoms with Crippen molar-refractivity contribution >= 4 is 11.3 Å². The van der Waals surface area contributed by atoms with Gasteiger partial charge in [0.25, 0.3) is 0 Å². The van der Waals surface area contributed by atoms with Crippen molar-refractivity contribution in [2.45, 2.75) is 37.8 Å². The van der Waals surface area contributed by atoms with Crippen LogP contribution in [0.2, 0.25) is 0 Å². The van der Waals surface area contributed by atoms with Gasteiger partial charge in [-0.25, -0.2) is 4.98 Å². The summed E-state index contributed by atoms with van der Waals surface area (Å²) in [4.78, 5) is 5.97. The Morgan fingerprint density at radius 3 is 2.55 bits per heavy atom. The first kappa shape index (κ1) is 12.6. The standard InChI is InChI=1S/C16H21N3S/c1-19-9-8-17-16(19)15(13-3-2-10-20-13)18-14(11-4-5-11)12-6-7-12/h2-3,8-12,14-15,18H,4-7H2,1H3. The molecular formula is C16H21N3S. The largest absolute Gasteiger partial charge is 0.336 e. The smallest absolute Gasteiger partial charge is 0.131 e. The van der Waals surface area contributed by atoms with Gasteiger partial charge in [-0.05, 0) is 49.0 Å². The summed E-state index contributed by atoms with van der Waals surface area (Å²) >= 11 is 1.83. The number of rotatable bonds is 6. The first-order chi connectivity index (χ1) is 9.83. The number of thiophene rings is 1. The van der Waals surface area contributed by atoms with Gasteiger partial charge in [-0.1, -0.05) is 6.07 Å². The second-order valence-corrected chi connectivity index (χ2v) is 7.19. The zero-order valence-corrected chi connectivity index (χ0v) is 12.6. The lowest BCUT2D eigenvalue weighted by atomic mass is 10.1. The minimum atomic E-state index is 0.251. The molecule has 20 heavy (non-hydrogen) atoms. The minimum absolute atomic E-state index is 0.251. The lowest BCUT2D eigenvalue weighted by Gasteiger charge is -2.25. The molecule has 0 aliphatic heterocycles. The molecule has 0 spiro atoms. The van der Waals surface area contributed by atoms with E-state index >= 15 is 0 Å². The molecule has 0 amide bonds. The van der Waals surface area contributed by atoms with Gasteiger partial charge in [-0.2, -0.15) is 0 Å². The molecule has 2 aromatic heterocycles. The SMILES string of the molecule is Cn1ccnc1C(NC(C1CC1)C1CC1)c1cccs1. The molecule has 2 aromatic rings. The molecule has 2 aliphatic rings. The maximum Gasteiger partial charge on any atom is 0.131 e. The summed E-state index contributed by atoms with van der Waals surface area (Å²) in [6, 6.07) is 5.31. The van der Waals surface area contributed by atoms with Crippen LogP contribution in [0.5, 0.6) is 0 Å². The van der Waals surface area contributed by atoms with Crippen LogP contribution in [0.25, 0.3) is 0 Å². The van der Waals surface area contributed by atoms with E-state index in [0.717, 1.165) is 17.7 Å². The molecule has 2 fully saturated rings. The average Bonchev–Trinajstić information content (AvgIpc) is 3.37. The van der Waals surface area contributed by atoms with E-state index in [9.17, 15) is 0 Å². The zero-order valence-electron chi connectivity index (χ0n) is 11.8. The van der Waals surface area contributed by atoms with E-state index in [1.165, 1.54) is 30.6 Å². The fraction of sp³-hybridized carbons (Fsp3) is 0.562. The van der Waals surface area contributed by atoms with Crippen molar-refractivity contribution in [1.82, 2.24) is 14.9 Å². The Hall–Kier alpha value is -1.13. The van der Waals surface area contributed by atoms with Crippen molar-refractivity contribution in [2.24, 2.45) is 18.9 Å². The quantitative estimate of drug-likeness (QED) is 0.883. The van der Waals surface area contributed by atoms with E-state index in [2.05, 4.69) is 39.4 Å². The highest BCUT2D eigenvalue weighted by molar-refractivity contribution is 7.10. The molecule has 3 nitrogen and oxygen atoms in total. The Morgan fingerprint density at radius 1 is 1.30 bits per heavy atom. The van der Waals surface area contributed by atoms with Gasteiger partial charge in [0, 0.05) is 30.4 Å². The molecule has 2 saturated carbocycles. The Balaban J connectivity index is 1.62. The third-order valence-corrected chi connectivity index (χ3v) is 5.50. The van der Waals surface area contributed by atoms with Crippen LogP contribution in [0, 0.1) is 11.8 Å². The van der Waals surface area contributed by atoms with Gasteiger partial charge in [0.15, 0.2) is 0 Å². The van der Waals surface area contributed by atoms with Crippen LogP contribution >= 0.6 is 11.3 Å². The predicted octanol–water partition coefficient (Wildman–Crippen LogP) is 3.35. The van der Waals surface area contributed by atoms with Gasteiger partial charge in [0.1, 0.15) is 11.9 Å². The van der Waals surface area contributed by atoms with Crippen molar-refractivity contribution in [1.29, 1.82) is 0 Å². The molecular weight excluding hydrogens is 266 g/mol. The third kappa shape index (κ3) is 2.42. The van der Waals surface area contributed by atoms with Gasteiger partial charge < -0.3 is 4.57 Å². The van der Waals surface area contributed by atoms with E-state index in [1.54, 1.807) is 0 Å². The fourth-order valence-corrected chi connectivity index (χ4v) is 3.94. The van der Waals surface area contributed by atoms with Crippen molar-refractivity contribution in [3.8, 4) is 0 Å². The van der Waals surface area contributed by atoms with Gasteiger partial charge in [-0.15, -0.1) is 11.3 Å². The maximum atomic E-state index is 4.59. The second-order valence-electron chi connectivity index (χ2n) is 6.21. The number of aromatic nitrogens is 2. The highest BCUT2D eigenvalue weighted by atomic mass is 32.1. The molecule has 4 heteroatoms. The normalized spacial score (nSPS) is 20.5. The lowest BCUT2D eigenvalue weighted by molar-refractivity contribution is 0.380. The summed E-state index contributed by atoms with van der Waals surface area (Å²) in [5.74, 6) is 2.95. The number of aryl methyl sites for hydroxylation is 1. The Labute approximate surface area is 124 Å². The van der Waals surface area contributed by atoms with Crippen molar-refractivity contribution in [3.63, 3.8) is 0 Å². The summed E-state index contributed by atoms with van der Waals surface area (Å²) in [6.45, 7) is 0. The van der Waals surface area contributed by atoms with E-state index < -0.39 is 0 Å². The van der Waals surface area contributed by atoms with Crippen molar-refractivity contribution in [2.75, 3.05) is 0 Å². The first-order valence-electron chi connectivity index (χ1n) is 7.59. The molecule has 1 unspecified atom stereocenters. The summed E-state index contributed by atoms with van der Waals surface area (Å²) in [5.41, 5.74) is 0. The number of nitrogens with zero attached hydrogens (tertiary/aromatic N) is 2. The predicted molar refractivity (Wildman–Crippen MR) is 81.7 cm³/mol. The Kier molecular flexibility index (Phi) is 3.15. The Morgan fingerprint density at radius 2 is 2.05 bits per heavy atom. The molecule has 1 N–H and O–H groups in total. The summed E-state index contributed by atoms with van der Waals surface area (Å²) in [5, 5.41) is 6.11. The first-order valence-corrected chi connectivity index (χ1v) is 8.47. The highest BCUT2D eigenvalue weighted by Crippen LogP contribution is 2.45. The van der Waals surface area contributed by atoms with Gasteiger partial charge in [0.2, 0.25) is 0 Å². The van der Waals surface area contributed by atoms with E-state index in [0.29, 0.717) is 6.04 Å². The van der Waals surface area contributed by atoms with E-state index in [-0.39, 0.29) is 6.04 Å². The van der Waals surface area contributed by atoms with Crippen LogP contribution in [-0.4, -0.2) is 15.6 Å². The highest BCUT2D eigenvalue weighted by Gasteiger charge is 2.42. The van der Waals surface area contributed by atoms with E-state index in [4.69, 9.17) is 0 Å². The number of hydrogen-bond acceptors (Lipinski definition) is 3. The molecule has 0 aromatic carbocycles. The Bertz CT molecular complexity index is 554. The van der Waals surface area contributed by atoms with Gasteiger partial charge in [-0.3, -0.25) is 5.32 Å². The summed E-state index contributed by atoms with van der Waals surface area (Å²) in [7, 11) is 2.09. The molecule has 2 heterocycles. The van der Waals surface area contributed by atoms with Crippen LogP contribution in [0.1, 0.15) is 42.4 Å². The monoisotopic (exact) mass is 287 g/mol. The molecule has 1 atom stereocenters. The van der Waals surface area contributed by atoms with Crippen molar-refractivity contribution < 1.29 is 0 Å². The fourth-order valence-electron chi connectivity index (χ4n) is 3.15. The zero-order chi connectivity index (χ0) is 13.5. The molecule has 0 saturated heterocycles. The minimum Gasteiger partial charge on any atom is -0.336 e.